The number of carbonyl (C=O) groups is 1. The van der Waals surface area contributed by atoms with Crippen molar-refractivity contribution in [2.45, 2.75) is 12.8 Å². The van der Waals surface area contributed by atoms with E-state index in [1.807, 2.05) is 73.1 Å². The molecule has 3 nitrogen and oxygen atoms in total. The SMILES string of the molecule is O=C(O)C1=C\C=C/C=C\C=C/C=C\N/C=C\C=C/C2=c3c(cccc3=C1)CC2. The minimum Gasteiger partial charge on any atom is -0.478 e. The highest BCUT2D eigenvalue weighted by molar-refractivity contribution is 5.96. The molecule has 1 aliphatic heterocycles. The van der Waals surface area contributed by atoms with Crippen molar-refractivity contribution in [1.82, 2.24) is 5.32 Å². The van der Waals surface area contributed by atoms with Gasteiger partial charge in [-0.2, -0.15) is 0 Å². The highest BCUT2D eigenvalue weighted by atomic mass is 16.4. The zero-order valence-corrected chi connectivity index (χ0v) is 15.6. The van der Waals surface area contributed by atoms with Crippen molar-refractivity contribution in [3.8, 4) is 0 Å². The number of carboxylic acid groups (broad SMARTS) is 1. The molecule has 0 radical (unpaired) electrons. The highest BCUT2D eigenvalue weighted by Gasteiger charge is 2.11. The number of allylic oxidation sites excluding steroid dienone is 11. The second-order valence-corrected chi connectivity index (χ2v) is 6.38. The summed E-state index contributed by atoms with van der Waals surface area (Å²) in [5.74, 6) is -0.939. The van der Waals surface area contributed by atoms with E-state index in [0.29, 0.717) is 0 Å². The molecule has 2 aliphatic rings. The molecule has 2 N–H and O–H groups in total. The summed E-state index contributed by atoms with van der Waals surface area (Å²) in [6.45, 7) is 0. The van der Waals surface area contributed by atoms with Crippen LogP contribution in [-0.4, -0.2) is 11.1 Å². The number of carboxylic acids is 1. The molecule has 1 aromatic carbocycles. The van der Waals surface area contributed by atoms with Crippen LogP contribution in [0.3, 0.4) is 0 Å². The fourth-order valence-corrected chi connectivity index (χ4v) is 3.18. The predicted molar refractivity (Wildman–Crippen MR) is 116 cm³/mol. The van der Waals surface area contributed by atoms with Gasteiger partial charge in [-0.1, -0.05) is 66.8 Å². The average molecular weight is 369 g/mol. The van der Waals surface area contributed by atoms with E-state index in [1.54, 1.807) is 18.2 Å². The summed E-state index contributed by atoms with van der Waals surface area (Å²) in [5.41, 5.74) is 2.75. The molecule has 0 amide bonds. The summed E-state index contributed by atoms with van der Waals surface area (Å²) in [7, 11) is 0. The third kappa shape index (κ3) is 5.21. The Morgan fingerprint density at radius 1 is 0.857 bits per heavy atom. The van der Waals surface area contributed by atoms with E-state index >= 15 is 0 Å². The molecular weight excluding hydrogens is 346 g/mol. The Bertz CT molecular complexity index is 1060. The molecule has 3 heteroatoms. The largest absolute Gasteiger partial charge is 0.478 e. The number of aryl methyl sites for hydroxylation is 1. The van der Waals surface area contributed by atoms with Crippen LogP contribution in [-0.2, 0) is 11.2 Å². The molecule has 0 saturated heterocycles. The minimum atomic E-state index is -0.939. The van der Waals surface area contributed by atoms with Crippen molar-refractivity contribution < 1.29 is 9.90 Å². The molecule has 0 atom stereocenters. The van der Waals surface area contributed by atoms with Crippen molar-refractivity contribution in [3.05, 3.63) is 119 Å². The zero-order valence-electron chi connectivity index (χ0n) is 15.6. The second kappa shape index (κ2) is 9.93. The van der Waals surface area contributed by atoms with E-state index in [2.05, 4.69) is 17.5 Å². The Morgan fingerprint density at radius 3 is 2.36 bits per heavy atom. The fourth-order valence-electron chi connectivity index (χ4n) is 3.18. The Balaban J connectivity index is 2.13. The number of hydrogen-bond acceptors (Lipinski definition) is 2. The molecule has 3 rings (SSSR count). The number of hydrogen-bond donors (Lipinski definition) is 2. The van der Waals surface area contributed by atoms with Gasteiger partial charge in [-0.25, -0.2) is 4.79 Å². The van der Waals surface area contributed by atoms with Gasteiger partial charge in [0.15, 0.2) is 0 Å². The Hall–Kier alpha value is -3.59. The summed E-state index contributed by atoms with van der Waals surface area (Å²) in [6, 6.07) is 6.09. The summed E-state index contributed by atoms with van der Waals surface area (Å²) in [6.07, 6.45) is 28.1. The Morgan fingerprint density at radius 2 is 1.57 bits per heavy atom. The van der Waals surface area contributed by atoms with Crippen LogP contribution in [0.5, 0.6) is 0 Å². The Kier molecular flexibility index (Phi) is 6.80. The molecule has 1 heterocycles. The lowest BCUT2D eigenvalue weighted by Gasteiger charge is -1.98. The third-order valence-electron chi connectivity index (χ3n) is 4.46. The van der Waals surface area contributed by atoms with Gasteiger partial charge in [0.1, 0.15) is 0 Å². The topological polar surface area (TPSA) is 49.3 Å². The van der Waals surface area contributed by atoms with Crippen molar-refractivity contribution in [2.75, 3.05) is 0 Å². The zero-order chi connectivity index (χ0) is 19.6. The van der Waals surface area contributed by atoms with Crippen LogP contribution in [0.1, 0.15) is 12.0 Å². The normalized spacial score (nSPS) is 23.3. The quantitative estimate of drug-likeness (QED) is 0.797. The second-order valence-electron chi connectivity index (χ2n) is 6.38. The van der Waals surface area contributed by atoms with E-state index in [1.165, 1.54) is 11.1 Å². The molecule has 0 aromatic heterocycles. The van der Waals surface area contributed by atoms with Gasteiger partial charge in [-0.15, -0.1) is 0 Å². The lowest BCUT2D eigenvalue weighted by molar-refractivity contribution is -0.132. The maximum atomic E-state index is 11.7. The van der Waals surface area contributed by atoms with Gasteiger partial charge in [-0.3, -0.25) is 0 Å². The van der Waals surface area contributed by atoms with Crippen LogP contribution in [0.4, 0.5) is 0 Å². The maximum absolute atomic E-state index is 11.7. The monoisotopic (exact) mass is 369 g/mol. The molecule has 1 aromatic rings. The Labute approximate surface area is 165 Å². The van der Waals surface area contributed by atoms with Crippen LogP contribution in [0.15, 0.2) is 103 Å². The van der Waals surface area contributed by atoms with Crippen molar-refractivity contribution in [3.63, 3.8) is 0 Å². The van der Waals surface area contributed by atoms with Gasteiger partial charge >= 0.3 is 5.97 Å². The van der Waals surface area contributed by atoms with E-state index in [-0.39, 0.29) is 5.57 Å². The molecule has 0 bridgehead atoms. The van der Waals surface area contributed by atoms with E-state index in [9.17, 15) is 9.90 Å². The molecule has 0 unspecified atom stereocenters. The summed E-state index contributed by atoms with van der Waals surface area (Å²) >= 11 is 0. The van der Waals surface area contributed by atoms with Gasteiger partial charge in [0.05, 0.1) is 5.57 Å². The van der Waals surface area contributed by atoms with Crippen LogP contribution in [0.25, 0.3) is 11.6 Å². The lowest BCUT2D eigenvalue weighted by atomic mass is 10.1. The number of aliphatic carboxylic acids is 1. The summed E-state index contributed by atoms with van der Waals surface area (Å²) < 4.78 is 0. The first-order valence-electron chi connectivity index (χ1n) is 9.28. The van der Waals surface area contributed by atoms with Crippen molar-refractivity contribution in [1.29, 1.82) is 0 Å². The molecule has 0 spiro atoms. The standard InChI is InChI=1S/C25H23NO2/c27-25(28)23-12-6-4-2-1-3-5-8-17-26-18-9-7-11-20-15-16-21-13-10-14-22(19-23)24(20)21/h1-14,17-19,26H,15-16H2,(H,27,28)/b2-1-,5-3-,6-4-,11-7-,17-8-,18-9-,22-19?,23-12?. The first kappa shape index (κ1) is 19.2. The van der Waals surface area contributed by atoms with E-state index in [4.69, 9.17) is 0 Å². The molecule has 140 valence electrons. The average Bonchev–Trinajstić information content (AvgIpc) is 3.10. The number of rotatable bonds is 1. The van der Waals surface area contributed by atoms with Crippen LogP contribution < -0.4 is 15.8 Å². The summed E-state index contributed by atoms with van der Waals surface area (Å²) in [5, 5.41) is 14.8. The molecular formula is C25H23NO2. The van der Waals surface area contributed by atoms with Crippen LogP contribution in [0, 0.1) is 0 Å². The molecule has 0 fully saturated rings. The minimum absolute atomic E-state index is 0.258. The molecule has 1 aliphatic carbocycles. The third-order valence-corrected chi connectivity index (χ3v) is 4.46. The number of benzene rings is 1. The van der Waals surface area contributed by atoms with Crippen LogP contribution in [0.2, 0.25) is 0 Å². The maximum Gasteiger partial charge on any atom is 0.335 e. The van der Waals surface area contributed by atoms with Crippen molar-refractivity contribution >= 4 is 17.6 Å². The van der Waals surface area contributed by atoms with Crippen LogP contribution >= 0.6 is 0 Å². The molecule has 0 saturated carbocycles. The smallest absolute Gasteiger partial charge is 0.335 e. The predicted octanol–water partition coefficient (Wildman–Crippen LogP) is 3.43. The number of nitrogens with one attached hydrogen (secondary N) is 1. The molecule has 28 heavy (non-hydrogen) atoms. The van der Waals surface area contributed by atoms with Gasteiger partial charge in [0.25, 0.3) is 0 Å². The van der Waals surface area contributed by atoms with Gasteiger partial charge in [0, 0.05) is 12.4 Å². The fraction of sp³-hybridized carbons (Fsp3) is 0.0800. The van der Waals surface area contributed by atoms with E-state index < -0.39 is 5.97 Å². The van der Waals surface area contributed by atoms with E-state index in [0.717, 1.165) is 23.3 Å². The first-order valence-corrected chi connectivity index (χ1v) is 9.28. The first-order chi connectivity index (χ1) is 13.8. The van der Waals surface area contributed by atoms with Gasteiger partial charge < -0.3 is 10.4 Å². The highest BCUT2D eigenvalue weighted by Crippen LogP contribution is 2.14. The van der Waals surface area contributed by atoms with Gasteiger partial charge in [-0.05, 0) is 58.7 Å². The lowest BCUT2D eigenvalue weighted by Crippen LogP contribution is -2.28. The van der Waals surface area contributed by atoms with Crippen molar-refractivity contribution in [2.24, 2.45) is 0 Å². The summed E-state index contributed by atoms with van der Waals surface area (Å²) in [4.78, 5) is 11.7. The van der Waals surface area contributed by atoms with Gasteiger partial charge in [0.2, 0.25) is 0 Å².